The van der Waals surface area contributed by atoms with Crippen LogP contribution in [0.25, 0.3) is 0 Å². The summed E-state index contributed by atoms with van der Waals surface area (Å²) >= 11 is 3.46. The van der Waals surface area contributed by atoms with Crippen LogP contribution in [0.5, 0.6) is 0 Å². The molecular weight excluding hydrogens is 305 g/mol. The number of hydrogen-bond donors (Lipinski definition) is 1. The highest BCUT2D eigenvalue weighted by molar-refractivity contribution is 9.10. The molecule has 0 amide bonds. The van der Waals surface area contributed by atoms with E-state index in [1.54, 1.807) is 6.07 Å². The molecule has 0 radical (unpaired) electrons. The zero-order valence-electron chi connectivity index (χ0n) is 11.3. The first-order valence-electron chi connectivity index (χ1n) is 7.33. The smallest absolute Gasteiger partial charge is 0.124 e. The quantitative estimate of drug-likeness (QED) is 0.801. The topological polar surface area (TPSA) is 12.0 Å². The average molecular weight is 326 g/mol. The van der Waals surface area contributed by atoms with Gasteiger partial charge in [-0.1, -0.05) is 22.0 Å². The van der Waals surface area contributed by atoms with Crippen LogP contribution in [0.4, 0.5) is 4.39 Å². The molecule has 1 unspecified atom stereocenters. The van der Waals surface area contributed by atoms with Crippen molar-refractivity contribution in [2.75, 3.05) is 6.54 Å². The lowest BCUT2D eigenvalue weighted by Crippen LogP contribution is -2.28. The Balaban J connectivity index is 1.59. The van der Waals surface area contributed by atoms with Crippen LogP contribution in [0, 0.1) is 23.6 Å². The molecule has 104 valence electrons. The van der Waals surface area contributed by atoms with E-state index in [0.29, 0.717) is 0 Å². The van der Waals surface area contributed by atoms with Crippen LogP contribution in [0.1, 0.15) is 44.2 Å². The van der Waals surface area contributed by atoms with Crippen molar-refractivity contribution in [1.29, 1.82) is 0 Å². The van der Waals surface area contributed by atoms with E-state index in [-0.39, 0.29) is 11.9 Å². The van der Waals surface area contributed by atoms with E-state index in [0.717, 1.165) is 34.3 Å². The fourth-order valence-electron chi connectivity index (χ4n) is 3.04. The molecule has 0 bridgehead atoms. The lowest BCUT2D eigenvalue weighted by atomic mass is 9.97. The first-order chi connectivity index (χ1) is 9.15. The third-order valence-electron chi connectivity index (χ3n) is 4.54. The van der Waals surface area contributed by atoms with Gasteiger partial charge in [-0.2, -0.15) is 0 Å². The maximum atomic E-state index is 13.1. The van der Waals surface area contributed by atoms with Crippen LogP contribution < -0.4 is 5.32 Å². The minimum Gasteiger partial charge on any atom is -0.310 e. The van der Waals surface area contributed by atoms with E-state index < -0.39 is 0 Å². The second-order valence-electron chi connectivity index (χ2n) is 6.13. The van der Waals surface area contributed by atoms with Crippen LogP contribution in [-0.4, -0.2) is 6.54 Å². The molecule has 2 fully saturated rings. The number of nitrogens with one attached hydrogen (secondary N) is 1. The molecule has 3 heteroatoms. The van der Waals surface area contributed by atoms with Crippen LogP contribution in [-0.2, 0) is 0 Å². The summed E-state index contributed by atoms with van der Waals surface area (Å²) in [7, 11) is 0. The molecule has 0 saturated heterocycles. The Kier molecular flexibility index (Phi) is 3.95. The molecule has 0 heterocycles. The monoisotopic (exact) mass is 325 g/mol. The Morgan fingerprint density at radius 1 is 1.26 bits per heavy atom. The Morgan fingerprint density at radius 2 is 1.89 bits per heavy atom. The summed E-state index contributed by atoms with van der Waals surface area (Å²) in [5.74, 6) is 2.64. The van der Waals surface area contributed by atoms with Gasteiger partial charge in [0.2, 0.25) is 0 Å². The maximum Gasteiger partial charge on any atom is 0.124 e. The first kappa shape index (κ1) is 13.6. The predicted molar refractivity (Wildman–Crippen MR) is 79.5 cm³/mol. The van der Waals surface area contributed by atoms with E-state index in [9.17, 15) is 4.39 Å². The van der Waals surface area contributed by atoms with Gasteiger partial charge in [-0.25, -0.2) is 4.39 Å². The first-order valence-corrected chi connectivity index (χ1v) is 8.13. The highest BCUT2D eigenvalue weighted by Gasteiger charge is 2.41. The summed E-state index contributed by atoms with van der Waals surface area (Å²) in [6.45, 7) is 3.27. The van der Waals surface area contributed by atoms with Gasteiger partial charge in [0.1, 0.15) is 5.82 Å². The van der Waals surface area contributed by atoms with Crippen molar-refractivity contribution in [2.45, 2.75) is 38.6 Å². The van der Waals surface area contributed by atoms with Crippen molar-refractivity contribution < 1.29 is 4.39 Å². The van der Waals surface area contributed by atoms with E-state index in [4.69, 9.17) is 0 Å². The summed E-state index contributed by atoms with van der Waals surface area (Å²) in [6, 6.07) is 5.24. The molecule has 1 nitrogen and oxygen atoms in total. The molecule has 1 aromatic rings. The highest BCUT2D eigenvalue weighted by Crippen LogP contribution is 2.49. The fraction of sp³-hybridized carbons (Fsp3) is 0.625. The summed E-state index contributed by atoms with van der Waals surface area (Å²) in [4.78, 5) is 0. The average Bonchev–Trinajstić information content (AvgIpc) is 3.23. The zero-order chi connectivity index (χ0) is 13.4. The number of rotatable bonds is 6. The van der Waals surface area contributed by atoms with Crippen LogP contribution in [0.2, 0.25) is 0 Å². The van der Waals surface area contributed by atoms with Gasteiger partial charge in [-0.3, -0.25) is 0 Å². The normalized spacial score (nSPS) is 20.8. The summed E-state index contributed by atoms with van der Waals surface area (Å²) < 4.78 is 14.0. The van der Waals surface area contributed by atoms with Gasteiger partial charge in [0.15, 0.2) is 0 Å². The van der Waals surface area contributed by atoms with Crippen LogP contribution in [0.15, 0.2) is 22.7 Å². The van der Waals surface area contributed by atoms with Crippen molar-refractivity contribution >= 4 is 15.9 Å². The molecule has 2 aliphatic rings. The predicted octanol–water partition coefficient (Wildman–Crippen LogP) is 4.68. The lowest BCUT2D eigenvalue weighted by molar-refractivity contribution is 0.362. The lowest BCUT2D eigenvalue weighted by Gasteiger charge is -2.21. The summed E-state index contributed by atoms with van der Waals surface area (Å²) in [5, 5.41) is 3.65. The summed E-state index contributed by atoms with van der Waals surface area (Å²) in [6.07, 6.45) is 5.71. The molecule has 3 rings (SSSR count). The van der Waals surface area contributed by atoms with Crippen molar-refractivity contribution in [3.05, 3.63) is 34.1 Å². The molecule has 1 aromatic carbocycles. The molecule has 0 aromatic heterocycles. The minimum absolute atomic E-state index is 0.184. The Hall–Kier alpha value is -0.410. The Morgan fingerprint density at radius 3 is 2.42 bits per heavy atom. The zero-order valence-corrected chi connectivity index (χ0v) is 12.9. The largest absolute Gasteiger partial charge is 0.310 e. The molecule has 1 N–H and O–H groups in total. The number of benzene rings is 1. The molecular formula is C16H21BrFN. The van der Waals surface area contributed by atoms with Crippen LogP contribution >= 0.6 is 15.9 Å². The molecule has 0 spiro atoms. The van der Waals surface area contributed by atoms with E-state index in [2.05, 4.69) is 28.2 Å². The minimum atomic E-state index is -0.184. The Bertz CT molecular complexity index is 442. The van der Waals surface area contributed by atoms with Crippen molar-refractivity contribution in [3.8, 4) is 0 Å². The van der Waals surface area contributed by atoms with Gasteiger partial charge in [-0.05, 0) is 74.6 Å². The second-order valence-corrected chi connectivity index (χ2v) is 6.99. The van der Waals surface area contributed by atoms with Gasteiger partial charge >= 0.3 is 0 Å². The van der Waals surface area contributed by atoms with Gasteiger partial charge in [-0.15, -0.1) is 0 Å². The maximum absolute atomic E-state index is 13.1. The van der Waals surface area contributed by atoms with Crippen LogP contribution in [0.3, 0.4) is 0 Å². The second kappa shape index (κ2) is 5.53. The standard InChI is InChI=1S/C16H21BrFN/c1-10(14-7-6-13(18)8-16(14)17)19-9-15(11-2-3-11)12-4-5-12/h6-8,10-12,15,19H,2-5,9H2,1H3. The summed E-state index contributed by atoms with van der Waals surface area (Å²) in [5.41, 5.74) is 1.15. The van der Waals surface area contributed by atoms with E-state index in [1.165, 1.54) is 31.7 Å². The third-order valence-corrected chi connectivity index (χ3v) is 5.23. The molecule has 1 atom stereocenters. The fourth-order valence-corrected chi connectivity index (χ4v) is 3.74. The number of halogens is 2. The highest BCUT2D eigenvalue weighted by atomic mass is 79.9. The van der Waals surface area contributed by atoms with Crippen molar-refractivity contribution in [2.24, 2.45) is 17.8 Å². The van der Waals surface area contributed by atoms with Gasteiger partial charge in [0.05, 0.1) is 0 Å². The van der Waals surface area contributed by atoms with Gasteiger partial charge in [0.25, 0.3) is 0 Å². The van der Waals surface area contributed by atoms with E-state index in [1.807, 2.05) is 6.07 Å². The van der Waals surface area contributed by atoms with Gasteiger partial charge in [0, 0.05) is 10.5 Å². The SMILES string of the molecule is CC(NCC(C1CC1)C1CC1)c1ccc(F)cc1Br. The number of hydrogen-bond acceptors (Lipinski definition) is 1. The van der Waals surface area contributed by atoms with Gasteiger partial charge < -0.3 is 5.32 Å². The van der Waals surface area contributed by atoms with E-state index >= 15 is 0 Å². The van der Waals surface area contributed by atoms with Crippen molar-refractivity contribution in [3.63, 3.8) is 0 Å². The molecule has 2 saturated carbocycles. The van der Waals surface area contributed by atoms with Crippen molar-refractivity contribution in [1.82, 2.24) is 5.32 Å². The molecule has 0 aliphatic heterocycles. The Labute approximate surface area is 123 Å². The third kappa shape index (κ3) is 3.38. The molecule has 19 heavy (non-hydrogen) atoms. The molecule has 2 aliphatic carbocycles.